The minimum atomic E-state index is -3.43. The van der Waals surface area contributed by atoms with Gasteiger partial charge in [0.2, 0.25) is 10.0 Å². The normalized spacial score (nSPS) is 14.2. The molecule has 5 aromatic heterocycles. The number of sulfonamides is 1. The minimum absolute atomic E-state index is 0.0198. The molecule has 1 fully saturated rings. The number of pyridine rings is 3. The van der Waals surface area contributed by atoms with Crippen LogP contribution in [0, 0.1) is 11.7 Å². The van der Waals surface area contributed by atoms with Crippen LogP contribution in [0.2, 0.25) is 0 Å². The molecule has 5 heterocycles. The zero-order chi connectivity index (χ0) is 31.0. The van der Waals surface area contributed by atoms with Gasteiger partial charge in [-0.25, -0.2) is 22.5 Å². The molecule has 7 rings (SSSR count). The summed E-state index contributed by atoms with van der Waals surface area (Å²) >= 11 is 0. The third kappa shape index (κ3) is 6.48. The Hall–Kier alpha value is -4.52. The third-order valence-corrected chi connectivity index (χ3v) is 9.01. The fraction of sp³-hybridized carbons (Fsp3) is 0.273. The van der Waals surface area contributed by atoms with Gasteiger partial charge in [0.1, 0.15) is 17.0 Å². The lowest BCUT2D eigenvalue weighted by molar-refractivity contribution is 0.489. The number of halogens is 1. The molecule has 0 spiro atoms. The van der Waals surface area contributed by atoms with E-state index >= 15 is 0 Å². The van der Waals surface area contributed by atoms with Gasteiger partial charge in [-0.2, -0.15) is 5.10 Å². The number of benzene rings is 1. The number of nitrogens with zero attached hydrogens (tertiary/aromatic N) is 4. The van der Waals surface area contributed by atoms with E-state index in [9.17, 15) is 12.8 Å². The van der Waals surface area contributed by atoms with Gasteiger partial charge in [-0.15, -0.1) is 0 Å². The molecule has 0 radical (unpaired) electrons. The summed E-state index contributed by atoms with van der Waals surface area (Å²) in [5.41, 5.74) is 8.25. The van der Waals surface area contributed by atoms with Crippen molar-refractivity contribution in [1.29, 1.82) is 0 Å². The van der Waals surface area contributed by atoms with Crippen molar-refractivity contribution < 1.29 is 12.8 Å². The number of aromatic nitrogens is 6. The van der Waals surface area contributed by atoms with E-state index in [1.165, 1.54) is 37.8 Å². The molecule has 1 aliphatic carbocycles. The standard InChI is InChI=1S/C33H33FN8O2S/c1-45(43,44)38-16-21-8-23(11-25(34)10-21)27-18-37-19-31-26(27)12-30(39-31)33-32-29(41-42-33)7-6-28(40-32)24-9-22(15-36-17-24)14-35-13-20-4-2-3-5-20/h6-12,15,17-20,35,38-39H,2-5,13-14,16H2,1H3,(H,41,42). The van der Waals surface area contributed by atoms with Crippen molar-refractivity contribution in [2.45, 2.75) is 38.8 Å². The van der Waals surface area contributed by atoms with Crippen LogP contribution in [-0.4, -0.2) is 51.4 Å². The van der Waals surface area contributed by atoms with E-state index in [1.54, 1.807) is 18.5 Å². The highest BCUT2D eigenvalue weighted by Crippen LogP contribution is 2.34. The van der Waals surface area contributed by atoms with Crippen molar-refractivity contribution in [3.8, 4) is 33.8 Å². The average Bonchev–Trinajstić information content (AvgIpc) is 3.79. The molecule has 4 N–H and O–H groups in total. The van der Waals surface area contributed by atoms with E-state index in [2.05, 4.69) is 41.3 Å². The Bertz CT molecular complexity index is 2120. The smallest absolute Gasteiger partial charge is 0.209 e. The summed E-state index contributed by atoms with van der Waals surface area (Å²) in [6.07, 6.45) is 13.5. The summed E-state index contributed by atoms with van der Waals surface area (Å²) in [7, 11) is -3.43. The second kappa shape index (κ2) is 12.1. The van der Waals surface area contributed by atoms with E-state index in [-0.39, 0.29) is 6.54 Å². The van der Waals surface area contributed by atoms with Crippen molar-refractivity contribution >= 4 is 32.0 Å². The van der Waals surface area contributed by atoms with Gasteiger partial charge in [0.05, 0.1) is 34.9 Å². The van der Waals surface area contributed by atoms with Gasteiger partial charge in [-0.05, 0) is 84.5 Å². The summed E-state index contributed by atoms with van der Waals surface area (Å²) in [6.45, 7) is 1.78. The topological polar surface area (TPSA) is 141 Å². The van der Waals surface area contributed by atoms with Gasteiger partial charge in [0.25, 0.3) is 0 Å². The van der Waals surface area contributed by atoms with Crippen molar-refractivity contribution in [2.75, 3.05) is 12.8 Å². The van der Waals surface area contributed by atoms with Crippen molar-refractivity contribution in [3.05, 3.63) is 84.2 Å². The Morgan fingerprint density at radius 2 is 1.73 bits per heavy atom. The molecule has 1 aromatic carbocycles. The van der Waals surface area contributed by atoms with E-state index in [4.69, 9.17) is 4.98 Å². The molecule has 0 aliphatic heterocycles. The summed E-state index contributed by atoms with van der Waals surface area (Å²) in [6, 6.07) is 12.5. The lowest BCUT2D eigenvalue weighted by Gasteiger charge is -2.11. The van der Waals surface area contributed by atoms with Crippen LogP contribution in [0.15, 0.2) is 67.3 Å². The molecule has 1 aliphatic rings. The maximum atomic E-state index is 14.6. The van der Waals surface area contributed by atoms with Crippen molar-refractivity contribution in [2.24, 2.45) is 5.92 Å². The first-order valence-corrected chi connectivity index (χ1v) is 16.9. The summed E-state index contributed by atoms with van der Waals surface area (Å²) < 4.78 is 40.2. The Labute approximate surface area is 260 Å². The highest BCUT2D eigenvalue weighted by Gasteiger charge is 2.17. The van der Waals surface area contributed by atoms with Gasteiger partial charge in [-0.1, -0.05) is 12.8 Å². The Balaban J connectivity index is 1.19. The number of hydrogen-bond acceptors (Lipinski definition) is 7. The van der Waals surface area contributed by atoms with Crippen molar-refractivity contribution in [1.82, 2.24) is 40.2 Å². The molecule has 0 unspecified atom stereocenters. The Morgan fingerprint density at radius 3 is 2.58 bits per heavy atom. The van der Waals surface area contributed by atoms with Gasteiger partial charge in [0.15, 0.2) is 0 Å². The number of H-pyrrole nitrogens is 2. The number of rotatable bonds is 10. The maximum Gasteiger partial charge on any atom is 0.209 e. The largest absolute Gasteiger partial charge is 0.352 e. The van der Waals surface area contributed by atoms with Crippen molar-refractivity contribution in [3.63, 3.8) is 0 Å². The van der Waals surface area contributed by atoms with Crippen LogP contribution in [0.5, 0.6) is 0 Å². The zero-order valence-electron chi connectivity index (χ0n) is 24.8. The quantitative estimate of drug-likeness (QED) is 0.153. The van der Waals surface area contributed by atoms with E-state index in [0.717, 1.165) is 64.2 Å². The van der Waals surface area contributed by atoms with Crippen LogP contribution < -0.4 is 10.0 Å². The van der Waals surface area contributed by atoms with Gasteiger partial charge in [0, 0.05) is 48.2 Å². The third-order valence-electron chi connectivity index (χ3n) is 8.34. The molecule has 12 heteroatoms. The summed E-state index contributed by atoms with van der Waals surface area (Å²) in [4.78, 5) is 17.2. The molecule has 0 atom stereocenters. The maximum absolute atomic E-state index is 14.6. The molecule has 0 bridgehead atoms. The second-order valence-corrected chi connectivity index (χ2v) is 13.6. The summed E-state index contributed by atoms with van der Waals surface area (Å²) in [5, 5.41) is 12.1. The molecule has 1 saturated carbocycles. The number of fused-ring (bicyclic) bond motifs is 2. The van der Waals surface area contributed by atoms with Crippen LogP contribution in [0.1, 0.15) is 36.8 Å². The molecule has 0 saturated heterocycles. The Kier molecular flexibility index (Phi) is 7.86. The van der Waals surface area contributed by atoms with Crippen LogP contribution in [-0.2, 0) is 23.1 Å². The molecule has 10 nitrogen and oxygen atoms in total. The van der Waals surface area contributed by atoms with Gasteiger partial charge < -0.3 is 10.3 Å². The first-order chi connectivity index (χ1) is 21.8. The molecular weight excluding hydrogens is 591 g/mol. The molecule has 230 valence electrons. The summed E-state index contributed by atoms with van der Waals surface area (Å²) in [5.74, 6) is 0.306. The highest BCUT2D eigenvalue weighted by molar-refractivity contribution is 7.88. The second-order valence-electron chi connectivity index (χ2n) is 11.8. The lowest BCUT2D eigenvalue weighted by atomic mass is 10.0. The van der Waals surface area contributed by atoms with E-state index < -0.39 is 15.8 Å². The average molecular weight is 625 g/mol. The van der Waals surface area contributed by atoms with Gasteiger partial charge >= 0.3 is 0 Å². The number of hydrogen-bond donors (Lipinski definition) is 4. The van der Waals surface area contributed by atoms with Crippen LogP contribution >= 0.6 is 0 Å². The van der Waals surface area contributed by atoms with Crippen LogP contribution in [0.25, 0.3) is 55.7 Å². The van der Waals surface area contributed by atoms with E-state index in [1.807, 2.05) is 30.6 Å². The molecule has 45 heavy (non-hydrogen) atoms. The fourth-order valence-electron chi connectivity index (χ4n) is 6.14. The Morgan fingerprint density at radius 1 is 0.911 bits per heavy atom. The predicted molar refractivity (Wildman–Crippen MR) is 173 cm³/mol. The predicted octanol–water partition coefficient (Wildman–Crippen LogP) is 5.70. The van der Waals surface area contributed by atoms with Crippen LogP contribution in [0.4, 0.5) is 4.39 Å². The SMILES string of the molecule is CS(=O)(=O)NCc1cc(F)cc(-c2cncc3[nH]c(-c4n[nH]c5ccc(-c6cncc(CNCC7CCCC7)c6)nc45)cc23)c1. The monoisotopic (exact) mass is 624 g/mol. The fourth-order valence-corrected chi connectivity index (χ4v) is 6.57. The number of aromatic amines is 2. The first kappa shape index (κ1) is 29.2. The molecule has 0 amide bonds. The number of nitrogens with one attached hydrogen (secondary N) is 4. The highest BCUT2D eigenvalue weighted by atomic mass is 32.2. The molecular formula is C33H33FN8O2S. The first-order valence-electron chi connectivity index (χ1n) is 15.0. The minimum Gasteiger partial charge on any atom is -0.352 e. The van der Waals surface area contributed by atoms with E-state index in [0.29, 0.717) is 27.9 Å². The zero-order valence-corrected chi connectivity index (χ0v) is 25.6. The van der Waals surface area contributed by atoms with Gasteiger partial charge in [-0.3, -0.25) is 15.1 Å². The van der Waals surface area contributed by atoms with Crippen LogP contribution in [0.3, 0.4) is 0 Å². The lowest BCUT2D eigenvalue weighted by Crippen LogP contribution is -2.21. The molecule has 6 aromatic rings.